The van der Waals surface area contributed by atoms with E-state index < -0.39 is 0 Å². The summed E-state index contributed by atoms with van der Waals surface area (Å²) in [7, 11) is 0. The van der Waals surface area contributed by atoms with Crippen LogP contribution >= 0.6 is 11.8 Å². The van der Waals surface area contributed by atoms with Crippen LogP contribution in [-0.2, 0) is 16.0 Å². The van der Waals surface area contributed by atoms with Gasteiger partial charge in [0.2, 0.25) is 11.8 Å². The molecule has 2 aromatic carbocycles. The van der Waals surface area contributed by atoms with Crippen molar-refractivity contribution in [1.29, 1.82) is 0 Å². The highest BCUT2D eigenvalue weighted by Gasteiger charge is 2.12. The summed E-state index contributed by atoms with van der Waals surface area (Å²) < 4.78 is 1.98. The number of hydrogen-bond donors (Lipinski definition) is 2. The van der Waals surface area contributed by atoms with Gasteiger partial charge in [0, 0.05) is 18.1 Å². The quantitative estimate of drug-likeness (QED) is 0.540. The van der Waals surface area contributed by atoms with Gasteiger partial charge >= 0.3 is 0 Å². The largest absolute Gasteiger partial charge is 0.346 e. The number of imidazole rings is 1. The highest BCUT2D eigenvalue weighted by atomic mass is 32.2. The van der Waals surface area contributed by atoms with E-state index in [1.54, 1.807) is 6.20 Å². The van der Waals surface area contributed by atoms with E-state index in [0.717, 1.165) is 39.6 Å². The summed E-state index contributed by atoms with van der Waals surface area (Å²) in [6.07, 6.45) is 4.44. The van der Waals surface area contributed by atoms with Crippen molar-refractivity contribution in [3.63, 3.8) is 0 Å². The lowest BCUT2D eigenvalue weighted by Gasteiger charge is -2.12. The number of para-hydroxylation sites is 1. The number of benzene rings is 2. The lowest BCUT2D eigenvalue weighted by molar-refractivity contribution is -0.122. The monoisotopic (exact) mass is 422 g/mol. The van der Waals surface area contributed by atoms with Gasteiger partial charge < -0.3 is 10.6 Å². The molecule has 2 amide bonds. The number of rotatable bonds is 8. The van der Waals surface area contributed by atoms with Crippen LogP contribution < -0.4 is 10.6 Å². The van der Waals surface area contributed by atoms with E-state index in [1.807, 2.05) is 55.8 Å². The van der Waals surface area contributed by atoms with Crippen LogP contribution in [-0.4, -0.2) is 33.7 Å². The predicted molar refractivity (Wildman–Crippen MR) is 121 cm³/mol. The number of thioether (sulfide) groups is 1. The Bertz CT molecular complexity index is 1050. The summed E-state index contributed by atoms with van der Waals surface area (Å²) in [4.78, 5) is 28.8. The lowest BCUT2D eigenvalue weighted by Crippen LogP contribution is -2.34. The second-order valence-corrected chi connectivity index (χ2v) is 7.94. The fraction of sp³-hybridized carbons (Fsp3) is 0.261. The Hall–Kier alpha value is -3.06. The zero-order chi connectivity index (χ0) is 21.5. The number of aryl methyl sites for hydroxylation is 3. The number of aromatic nitrogens is 2. The van der Waals surface area contributed by atoms with Crippen molar-refractivity contribution < 1.29 is 9.59 Å². The molecule has 0 bridgehead atoms. The van der Waals surface area contributed by atoms with E-state index in [1.165, 1.54) is 11.8 Å². The minimum Gasteiger partial charge on any atom is -0.346 e. The first-order chi connectivity index (χ1) is 14.5. The highest BCUT2D eigenvalue weighted by molar-refractivity contribution is 7.99. The van der Waals surface area contributed by atoms with Gasteiger partial charge in [0.1, 0.15) is 0 Å². The van der Waals surface area contributed by atoms with Crippen LogP contribution in [0.25, 0.3) is 5.69 Å². The van der Waals surface area contributed by atoms with Gasteiger partial charge in [0.25, 0.3) is 0 Å². The third kappa shape index (κ3) is 5.51. The zero-order valence-electron chi connectivity index (χ0n) is 17.4. The van der Waals surface area contributed by atoms with Crippen molar-refractivity contribution >= 4 is 29.3 Å². The predicted octanol–water partition coefficient (Wildman–Crippen LogP) is 3.90. The number of nitrogens with one attached hydrogen (secondary N) is 2. The van der Waals surface area contributed by atoms with Gasteiger partial charge in [0.15, 0.2) is 5.16 Å². The topological polar surface area (TPSA) is 76.0 Å². The molecule has 0 fully saturated rings. The Kier molecular flexibility index (Phi) is 7.30. The van der Waals surface area contributed by atoms with E-state index in [9.17, 15) is 9.59 Å². The molecule has 1 aromatic heterocycles. The number of hydrogen-bond acceptors (Lipinski definition) is 4. The Balaban J connectivity index is 1.53. The summed E-state index contributed by atoms with van der Waals surface area (Å²) in [5.41, 5.74) is 5.18. The maximum absolute atomic E-state index is 12.2. The Morgan fingerprint density at radius 1 is 1.10 bits per heavy atom. The van der Waals surface area contributed by atoms with E-state index in [2.05, 4.69) is 33.8 Å². The minimum absolute atomic E-state index is 0.0666. The highest BCUT2D eigenvalue weighted by Crippen LogP contribution is 2.23. The van der Waals surface area contributed by atoms with Gasteiger partial charge in [-0.1, -0.05) is 49.0 Å². The molecular formula is C23H26N4O2S. The minimum atomic E-state index is -0.244. The number of carbonyl (C=O) groups is 2. The van der Waals surface area contributed by atoms with Crippen LogP contribution in [0, 0.1) is 13.8 Å². The Labute approximate surface area is 181 Å². The lowest BCUT2D eigenvalue weighted by atomic mass is 10.1. The SMILES string of the molecule is CCc1ccccc1NC(=O)CNC(=O)CSc1nccn1-c1cc(C)ccc1C. The molecule has 0 saturated heterocycles. The number of carbonyl (C=O) groups excluding carboxylic acids is 2. The molecule has 2 N–H and O–H groups in total. The van der Waals surface area contributed by atoms with Crippen molar-refractivity contribution in [2.75, 3.05) is 17.6 Å². The molecule has 6 nitrogen and oxygen atoms in total. The molecule has 30 heavy (non-hydrogen) atoms. The molecule has 0 saturated carbocycles. The maximum Gasteiger partial charge on any atom is 0.243 e. The Morgan fingerprint density at radius 3 is 2.70 bits per heavy atom. The van der Waals surface area contributed by atoms with Crippen LogP contribution in [0.1, 0.15) is 23.6 Å². The van der Waals surface area contributed by atoms with Crippen molar-refractivity contribution in [1.82, 2.24) is 14.9 Å². The van der Waals surface area contributed by atoms with Gasteiger partial charge in [-0.15, -0.1) is 0 Å². The van der Waals surface area contributed by atoms with Gasteiger partial charge in [0.05, 0.1) is 18.0 Å². The van der Waals surface area contributed by atoms with E-state index in [0.29, 0.717) is 0 Å². The second-order valence-electron chi connectivity index (χ2n) is 6.99. The summed E-state index contributed by atoms with van der Waals surface area (Å²) >= 11 is 1.34. The molecule has 0 atom stereocenters. The molecule has 3 aromatic rings. The maximum atomic E-state index is 12.2. The van der Waals surface area contributed by atoms with Gasteiger partial charge in [-0.25, -0.2) is 4.98 Å². The standard InChI is InChI=1S/C23H26N4O2S/c1-4-18-7-5-6-8-19(18)26-21(28)14-25-22(29)15-30-23-24-11-12-27(23)20-13-16(2)9-10-17(20)3/h5-13H,4,14-15H2,1-3H3,(H,25,29)(H,26,28). The third-order valence-corrected chi connectivity index (χ3v) is 5.65. The fourth-order valence-electron chi connectivity index (χ4n) is 3.06. The number of anilines is 1. The molecule has 0 aliphatic carbocycles. The molecule has 0 aliphatic rings. The van der Waals surface area contributed by atoms with E-state index in [-0.39, 0.29) is 24.1 Å². The molecule has 0 aliphatic heterocycles. The Morgan fingerprint density at radius 2 is 1.90 bits per heavy atom. The van der Waals surface area contributed by atoms with Gasteiger partial charge in [-0.3, -0.25) is 14.2 Å². The van der Waals surface area contributed by atoms with Crippen LogP contribution in [0.3, 0.4) is 0 Å². The summed E-state index contributed by atoms with van der Waals surface area (Å²) in [5.74, 6) is -0.277. The molecule has 156 valence electrons. The van der Waals surface area contributed by atoms with Crippen LogP contribution in [0.2, 0.25) is 0 Å². The van der Waals surface area contributed by atoms with Crippen molar-refractivity contribution in [3.05, 3.63) is 71.5 Å². The third-order valence-electron chi connectivity index (χ3n) is 4.68. The zero-order valence-corrected chi connectivity index (χ0v) is 18.3. The molecular weight excluding hydrogens is 396 g/mol. The molecule has 7 heteroatoms. The molecule has 0 radical (unpaired) electrons. The van der Waals surface area contributed by atoms with E-state index >= 15 is 0 Å². The van der Waals surface area contributed by atoms with Crippen LogP contribution in [0.5, 0.6) is 0 Å². The van der Waals surface area contributed by atoms with E-state index in [4.69, 9.17) is 0 Å². The number of amides is 2. The molecule has 0 spiro atoms. The van der Waals surface area contributed by atoms with Crippen molar-refractivity contribution in [2.24, 2.45) is 0 Å². The fourth-order valence-corrected chi connectivity index (χ4v) is 3.86. The smallest absolute Gasteiger partial charge is 0.243 e. The van der Waals surface area contributed by atoms with Crippen molar-refractivity contribution in [2.45, 2.75) is 32.3 Å². The van der Waals surface area contributed by atoms with Crippen LogP contribution in [0.4, 0.5) is 5.69 Å². The van der Waals surface area contributed by atoms with Crippen molar-refractivity contribution in [3.8, 4) is 5.69 Å². The second kappa shape index (κ2) is 10.1. The average molecular weight is 423 g/mol. The average Bonchev–Trinajstić information content (AvgIpc) is 3.21. The first kappa shape index (κ1) is 21.6. The summed E-state index contributed by atoms with van der Waals surface area (Å²) in [5, 5.41) is 6.26. The molecule has 0 unspecified atom stereocenters. The summed E-state index contributed by atoms with van der Waals surface area (Å²) in [6.45, 7) is 6.06. The normalized spacial score (nSPS) is 10.6. The molecule has 1 heterocycles. The van der Waals surface area contributed by atoms with Gasteiger partial charge in [-0.2, -0.15) is 0 Å². The summed E-state index contributed by atoms with van der Waals surface area (Å²) in [6, 6.07) is 13.9. The first-order valence-electron chi connectivity index (χ1n) is 9.86. The first-order valence-corrected chi connectivity index (χ1v) is 10.8. The number of nitrogens with zero attached hydrogens (tertiary/aromatic N) is 2. The van der Waals surface area contributed by atoms with Crippen LogP contribution in [0.15, 0.2) is 60.0 Å². The molecule has 3 rings (SSSR count). The van der Waals surface area contributed by atoms with Gasteiger partial charge in [-0.05, 0) is 49.1 Å².